The van der Waals surface area contributed by atoms with Gasteiger partial charge in [0.1, 0.15) is 0 Å². The van der Waals surface area contributed by atoms with Crippen molar-refractivity contribution in [2.24, 2.45) is 0 Å². The Balaban J connectivity index is 2.62. The van der Waals surface area contributed by atoms with E-state index in [2.05, 4.69) is 45.9 Å². The van der Waals surface area contributed by atoms with Crippen LogP contribution in [0.4, 0.5) is 0 Å². The predicted molar refractivity (Wildman–Crippen MR) is 89.2 cm³/mol. The fraction of sp³-hybridized carbons (Fsp3) is 0.350. The number of rotatable bonds is 2. The van der Waals surface area contributed by atoms with Gasteiger partial charge in [0.15, 0.2) is 5.78 Å². The molecule has 0 radical (unpaired) electrons. The summed E-state index contributed by atoms with van der Waals surface area (Å²) in [5, 5.41) is 0. The Morgan fingerprint density at radius 2 is 1.43 bits per heavy atom. The van der Waals surface area contributed by atoms with Crippen LogP contribution in [0.15, 0.2) is 36.4 Å². The monoisotopic (exact) mass is 280 g/mol. The van der Waals surface area contributed by atoms with Crippen LogP contribution in [0.5, 0.6) is 0 Å². The van der Waals surface area contributed by atoms with E-state index in [-0.39, 0.29) is 11.2 Å². The zero-order chi connectivity index (χ0) is 15.8. The maximum absolute atomic E-state index is 13.1. The number of carbonyl (C=O) groups is 1. The molecular formula is C20H24O. The highest BCUT2D eigenvalue weighted by atomic mass is 16.1. The van der Waals surface area contributed by atoms with E-state index in [1.807, 2.05) is 32.0 Å². The average molecular weight is 280 g/mol. The average Bonchev–Trinajstić information content (AvgIpc) is 2.36. The molecule has 110 valence electrons. The lowest BCUT2D eigenvalue weighted by Crippen LogP contribution is -2.18. The molecule has 0 fully saturated rings. The lowest BCUT2D eigenvalue weighted by Gasteiger charge is -2.23. The SMILES string of the molecule is Cc1cc(C)c(C(=O)c2ccccc2C(C)(C)C)c(C)c1. The Hall–Kier alpha value is -1.89. The van der Waals surface area contributed by atoms with Crippen molar-refractivity contribution in [1.29, 1.82) is 0 Å². The molecule has 2 rings (SSSR count). The summed E-state index contributed by atoms with van der Waals surface area (Å²) in [6.45, 7) is 12.5. The highest BCUT2D eigenvalue weighted by Crippen LogP contribution is 2.29. The van der Waals surface area contributed by atoms with E-state index in [0.29, 0.717) is 0 Å². The molecule has 2 aromatic rings. The van der Waals surface area contributed by atoms with Gasteiger partial charge in [0.25, 0.3) is 0 Å². The zero-order valence-electron chi connectivity index (χ0n) is 13.9. The molecule has 0 bridgehead atoms. The minimum absolute atomic E-state index is 0.0429. The van der Waals surface area contributed by atoms with Crippen molar-refractivity contribution in [3.8, 4) is 0 Å². The summed E-state index contributed by atoms with van der Waals surface area (Å²) < 4.78 is 0. The quantitative estimate of drug-likeness (QED) is 0.696. The zero-order valence-corrected chi connectivity index (χ0v) is 13.9. The maximum Gasteiger partial charge on any atom is 0.193 e. The molecule has 2 aromatic carbocycles. The summed E-state index contributed by atoms with van der Waals surface area (Å²) in [6.07, 6.45) is 0. The topological polar surface area (TPSA) is 17.1 Å². The van der Waals surface area contributed by atoms with Gasteiger partial charge < -0.3 is 0 Å². The van der Waals surface area contributed by atoms with Gasteiger partial charge in [-0.15, -0.1) is 0 Å². The molecule has 0 aliphatic rings. The molecule has 0 aliphatic heterocycles. The fourth-order valence-corrected chi connectivity index (χ4v) is 3.01. The maximum atomic E-state index is 13.1. The van der Waals surface area contributed by atoms with E-state index < -0.39 is 0 Å². The largest absolute Gasteiger partial charge is 0.289 e. The Labute approximate surface area is 128 Å². The minimum atomic E-state index is -0.0429. The first-order valence-electron chi connectivity index (χ1n) is 7.44. The molecule has 0 atom stereocenters. The minimum Gasteiger partial charge on any atom is -0.289 e. The second-order valence-electron chi connectivity index (χ2n) is 6.90. The molecule has 0 aliphatic carbocycles. The van der Waals surface area contributed by atoms with Crippen LogP contribution in [-0.2, 0) is 5.41 Å². The summed E-state index contributed by atoms with van der Waals surface area (Å²) in [5.74, 6) is 0.135. The molecule has 0 saturated carbocycles. The number of benzene rings is 2. The van der Waals surface area contributed by atoms with Crippen molar-refractivity contribution in [2.45, 2.75) is 47.0 Å². The number of carbonyl (C=O) groups excluding carboxylic acids is 1. The highest BCUT2D eigenvalue weighted by molar-refractivity contribution is 6.11. The smallest absolute Gasteiger partial charge is 0.193 e. The van der Waals surface area contributed by atoms with Crippen molar-refractivity contribution in [3.05, 3.63) is 69.8 Å². The van der Waals surface area contributed by atoms with Crippen LogP contribution in [0.2, 0.25) is 0 Å². The third kappa shape index (κ3) is 3.07. The Morgan fingerprint density at radius 3 is 1.95 bits per heavy atom. The molecule has 0 aromatic heterocycles. The summed E-state index contributed by atoms with van der Waals surface area (Å²) >= 11 is 0. The van der Waals surface area contributed by atoms with Crippen molar-refractivity contribution >= 4 is 5.78 Å². The van der Waals surface area contributed by atoms with E-state index >= 15 is 0 Å². The first kappa shape index (κ1) is 15.5. The van der Waals surface area contributed by atoms with Gasteiger partial charge in [-0.25, -0.2) is 0 Å². The summed E-state index contributed by atoms with van der Waals surface area (Å²) in [4.78, 5) is 13.1. The third-order valence-corrected chi connectivity index (χ3v) is 3.88. The van der Waals surface area contributed by atoms with Gasteiger partial charge >= 0.3 is 0 Å². The number of hydrogen-bond donors (Lipinski definition) is 0. The van der Waals surface area contributed by atoms with Crippen LogP contribution in [-0.4, -0.2) is 5.78 Å². The normalized spacial score (nSPS) is 11.5. The molecule has 0 saturated heterocycles. The van der Waals surface area contributed by atoms with Crippen LogP contribution in [0.3, 0.4) is 0 Å². The molecule has 0 unspecified atom stereocenters. The summed E-state index contributed by atoms with van der Waals surface area (Å²) in [5.41, 5.74) is 6.04. The van der Waals surface area contributed by atoms with E-state index in [1.165, 1.54) is 5.56 Å². The first-order valence-corrected chi connectivity index (χ1v) is 7.44. The molecule has 0 spiro atoms. The van der Waals surface area contributed by atoms with Gasteiger partial charge in [-0.05, 0) is 42.9 Å². The standard InChI is InChI=1S/C20H24O/c1-13-11-14(2)18(15(3)12-13)19(21)16-9-7-8-10-17(16)20(4,5)6/h7-12H,1-6H3. The molecule has 0 heterocycles. The van der Waals surface area contributed by atoms with E-state index in [4.69, 9.17) is 0 Å². The van der Waals surface area contributed by atoms with Crippen LogP contribution in [0.1, 0.15) is 58.9 Å². The summed E-state index contributed by atoms with van der Waals surface area (Å²) in [7, 11) is 0. The molecule has 0 amide bonds. The second-order valence-corrected chi connectivity index (χ2v) is 6.90. The molecule has 1 heteroatoms. The van der Waals surface area contributed by atoms with Gasteiger partial charge in [-0.3, -0.25) is 4.79 Å². The Bertz CT molecular complexity index is 664. The van der Waals surface area contributed by atoms with Gasteiger partial charge in [0, 0.05) is 11.1 Å². The highest BCUT2D eigenvalue weighted by Gasteiger charge is 2.23. The number of hydrogen-bond acceptors (Lipinski definition) is 1. The van der Waals surface area contributed by atoms with Crippen LogP contribution in [0, 0.1) is 20.8 Å². The van der Waals surface area contributed by atoms with Crippen molar-refractivity contribution in [2.75, 3.05) is 0 Å². The fourth-order valence-electron chi connectivity index (χ4n) is 3.01. The second kappa shape index (κ2) is 5.48. The number of ketones is 1. The first-order chi connectivity index (χ1) is 9.71. The Morgan fingerprint density at radius 1 is 0.905 bits per heavy atom. The van der Waals surface area contributed by atoms with Gasteiger partial charge in [-0.1, -0.05) is 62.7 Å². The lowest BCUT2D eigenvalue weighted by molar-refractivity contribution is 0.103. The van der Waals surface area contributed by atoms with E-state index in [1.54, 1.807) is 0 Å². The van der Waals surface area contributed by atoms with Crippen molar-refractivity contribution in [3.63, 3.8) is 0 Å². The summed E-state index contributed by atoms with van der Waals surface area (Å²) in [6, 6.07) is 12.1. The molecule has 0 N–H and O–H groups in total. The third-order valence-electron chi connectivity index (χ3n) is 3.88. The van der Waals surface area contributed by atoms with Gasteiger partial charge in [0.05, 0.1) is 0 Å². The van der Waals surface area contributed by atoms with E-state index in [9.17, 15) is 4.79 Å². The lowest BCUT2D eigenvalue weighted by atomic mass is 9.81. The molecule has 1 nitrogen and oxygen atoms in total. The predicted octanol–water partition coefficient (Wildman–Crippen LogP) is 5.14. The Kier molecular flexibility index (Phi) is 4.04. The van der Waals surface area contributed by atoms with E-state index in [0.717, 1.165) is 27.8 Å². The molecular weight excluding hydrogens is 256 g/mol. The van der Waals surface area contributed by atoms with Gasteiger partial charge in [0.2, 0.25) is 0 Å². The molecule has 21 heavy (non-hydrogen) atoms. The van der Waals surface area contributed by atoms with Gasteiger partial charge in [-0.2, -0.15) is 0 Å². The van der Waals surface area contributed by atoms with Crippen molar-refractivity contribution in [1.82, 2.24) is 0 Å². The van der Waals surface area contributed by atoms with Crippen LogP contribution in [0.25, 0.3) is 0 Å². The van der Waals surface area contributed by atoms with Crippen LogP contribution >= 0.6 is 0 Å². The van der Waals surface area contributed by atoms with Crippen molar-refractivity contribution < 1.29 is 4.79 Å². The number of aryl methyl sites for hydroxylation is 3. The van der Waals surface area contributed by atoms with Crippen LogP contribution < -0.4 is 0 Å².